The molecular formula is C13H13BrClNO3S2. The number of aryl methyl sites for hydroxylation is 1. The van der Waals surface area contributed by atoms with Crippen molar-refractivity contribution in [1.29, 1.82) is 0 Å². The Morgan fingerprint density at radius 3 is 2.62 bits per heavy atom. The largest absolute Gasteiger partial charge is 0.492 e. The second-order valence-electron chi connectivity index (χ2n) is 4.21. The summed E-state index contributed by atoms with van der Waals surface area (Å²) in [7, 11) is -3.62. The summed E-state index contributed by atoms with van der Waals surface area (Å²) in [6, 6.07) is 6.40. The molecule has 1 N–H and O–H groups in total. The minimum atomic E-state index is -3.62. The lowest BCUT2D eigenvalue weighted by atomic mass is 10.3. The molecule has 0 fully saturated rings. The Kier molecular flexibility index (Phi) is 5.19. The molecule has 0 amide bonds. The molecule has 114 valence electrons. The van der Waals surface area contributed by atoms with Crippen molar-refractivity contribution in [1.82, 2.24) is 0 Å². The standard InChI is InChI=1S/C13H13BrClNO3S2/c1-3-19-11-5-4-9(7-10(11)15)16-21(17,18)12-6-8(2)13(14)20-12/h4-7,16H,3H2,1-2H3. The fourth-order valence-electron chi connectivity index (χ4n) is 1.61. The van der Waals surface area contributed by atoms with Crippen LogP contribution in [0, 0.1) is 6.92 Å². The molecule has 8 heteroatoms. The van der Waals surface area contributed by atoms with Gasteiger partial charge < -0.3 is 4.74 Å². The van der Waals surface area contributed by atoms with E-state index in [9.17, 15) is 8.42 Å². The van der Waals surface area contributed by atoms with Crippen molar-refractivity contribution in [3.63, 3.8) is 0 Å². The van der Waals surface area contributed by atoms with Crippen LogP contribution in [0.15, 0.2) is 32.3 Å². The third-order valence-electron chi connectivity index (χ3n) is 2.58. The number of benzene rings is 1. The second kappa shape index (κ2) is 6.56. The monoisotopic (exact) mass is 409 g/mol. The molecule has 0 saturated heterocycles. The highest BCUT2D eigenvalue weighted by molar-refractivity contribution is 9.11. The Hall–Kier alpha value is -0.760. The summed E-state index contributed by atoms with van der Waals surface area (Å²) in [6.07, 6.45) is 0. The van der Waals surface area contributed by atoms with E-state index >= 15 is 0 Å². The van der Waals surface area contributed by atoms with Gasteiger partial charge in [-0.15, -0.1) is 11.3 Å². The van der Waals surface area contributed by atoms with Crippen molar-refractivity contribution in [2.24, 2.45) is 0 Å². The predicted octanol–water partition coefficient (Wildman–Crippen LogP) is 4.67. The number of anilines is 1. The average molecular weight is 411 g/mol. The van der Waals surface area contributed by atoms with E-state index in [-0.39, 0.29) is 4.21 Å². The Morgan fingerprint density at radius 1 is 1.38 bits per heavy atom. The molecule has 0 aliphatic heterocycles. The van der Waals surface area contributed by atoms with Gasteiger partial charge in [-0.05, 0) is 59.6 Å². The van der Waals surface area contributed by atoms with E-state index in [0.29, 0.717) is 23.1 Å². The van der Waals surface area contributed by atoms with Crippen molar-refractivity contribution in [2.45, 2.75) is 18.1 Å². The van der Waals surface area contributed by atoms with Crippen LogP contribution in [0.1, 0.15) is 12.5 Å². The Morgan fingerprint density at radius 2 is 2.10 bits per heavy atom. The quantitative estimate of drug-likeness (QED) is 0.779. The molecular weight excluding hydrogens is 398 g/mol. The van der Waals surface area contributed by atoms with Gasteiger partial charge in [0.25, 0.3) is 10.0 Å². The number of rotatable bonds is 5. The molecule has 0 bridgehead atoms. The topological polar surface area (TPSA) is 55.4 Å². The molecule has 0 aliphatic carbocycles. The maximum Gasteiger partial charge on any atom is 0.271 e. The molecule has 4 nitrogen and oxygen atoms in total. The van der Waals surface area contributed by atoms with Gasteiger partial charge in [0.05, 0.1) is 21.1 Å². The lowest BCUT2D eigenvalue weighted by molar-refractivity contribution is 0.340. The van der Waals surface area contributed by atoms with E-state index in [1.807, 2.05) is 13.8 Å². The van der Waals surface area contributed by atoms with Crippen molar-refractivity contribution < 1.29 is 13.2 Å². The molecule has 0 radical (unpaired) electrons. The SMILES string of the molecule is CCOc1ccc(NS(=O)(=O)c2cc(C)c(Br)s2)cc1Cl. The van der Waals surface area contributed by atoms with Gasteiger partial charge in [-0.1, -0.05) is 11.6 Å². The second-order valence-corrected chi connectivity index (χ2v) is 8.89. The van der Waals surface area contributed by atoms with Crippen LogP contribution in [0.3, 0.4) is 0 Å². The summed E-state index contributed by atoms with van der Waals surface area (Å²) in [5, 5.41) is 0.362. The first-order chi connectivity index (χ1) is 9.83. The summed E-state index contributed by atoms with van der Waals surface area (Å²) in [5.41, 5.74) is 1.27. The molecule has 2 rings (SSSR count). The van der Waals surface area contributed by atoms with Gasteiger partial charge in [-0.3, -0.25) is 4.72 Å². The zero-order valence-electron chi connectivity index (χ0n) is 11.3. The number of hydrogen-bond donors (Lipinski definition) is 1. The molecule has 0 spiro atoms. The maximum absolute atomic E-state index is 12.3. The first-order valence-electron chi connectivity index (χ1n) is 6.04. The van der Waals surface area contributed by atoms with Gasteiger partial charge in [-0.2, -0.15) is 0 Å². The van der Waals surface area contributed by atoms with Crippen LogP contribution in [0.2, 0.25) is 5.02 Å². The van der Waals surface area contributed by atoms with Gasteiger partial charge in [-0.25, -0.2) is 8.42 Å². The fraction of sp³-hybridized carbons (Fsp3) is 0.231. The van der Waals surface area contributed by atoms with E-state index in [1.165, 1.54) is 6.07 Å². The van der Waals surface area contributed by atoms with Gasteiger partial charge in [0.2, 0.25) is 0 Å². The highest BCUT2D eigenvalue weighted by atomic mass is 79.9. The summed E-state index contributed by atoms with van der Waals surface area (Å²) >= 11 is 10.5. The van der Waals surface area contributed by atoms with Crippen molar-refractivity contribution in [2.75, 3.05) is 11.3 Å². The van der Waals surface area contributed by atoms with E-state index in [1.54, 1.807) is 18.2 Å². The highest BCUT2D eigenvalue weighted by Gasteiger charge is 2.19. The Bertz CT molecular complexity index is 739. The van der Waals surface area contributed by atoms with Crippen LogP contribution in [0.4, 0.5) is 5.69 Å². The molecule has 0 atom stereocenters. The minimum absolute atomic E-state index is 0.247. The minimum Gasteiger partial charge on any atom is -0.492 e. The van der Waals surface area contributed by atoms with Gasteiger partial charge in [0, 0.05) is 0 Å². The van der Waals surface area contributed by atoms with E-state index in [2.05, 4.69) is 20.7 Å². The number of nitrogens with one attached hydrogen (secondary N) is 1. The third-order valence-corrected chi connectivity index (χ3v) is 6.87. The van der Waals surface area contributed by atoms with Crippen molar-refractivity contribution in [3.05, 3.63) is 38.6 Å². The zero-order valence-corrected chi connectivity index (χ0v) is 15.3. The molecule has 21 heavy (non-hydrogen) atoms. The summed E-state index contributed by atoms with van der Waals surface area (Å²) in [5.74, 6) is 0.525. The normalized spacial score (nSPS) is 11.4. The van der Waals surface area contributed by atoms with Crippen LogP contribution >= 0.6 is 38.9 Å². The molecule has 0 aliphatic rings. The predicted molar refractivity (Wildman–Crippen MR) is 90.2 cm³/mol. The number of thiophene rings is 1. The maximum atomic E-state index is 12.3. The van der Waals surface area contributed by atoms with Gasteiger partial charge in [0.1, 0.15) is 9.96 Å². The van der Waals surface area contributed by atoms with Crippen LogP contribution in [0.25, 0.3) is 0 Å². The molecule has 0 unspecified atom stereocenters. The highest BCUT2D eigenvalue weighted by Crippen LogP contribution is 2.33. The number of ether oxygens (including phenoxy) is 1. The van der Waals surface area contributed by atoms with Crippen LogP contribution in [-0.4, -0.2) is 15.0 Å². The molecule has 1 aromatic heterocycles. The molecule has 1 aromatic carbocycles. The molecule has 2 aromatic rings. The first-order valence-corrected chi connectivity index (χ1v) is 9.51. The number of halogens is 2. The number of sulfonamides is 1. The lowest BCUT2D eigenvalue weighted by Gasteiger charge is -2.09. The van der Waals surface area contributed by atoms with E-state index < -0.39 is 10.0 Å². The number of hydrogen-bond acceptors (Lipinski definition) is 4. The molecule has 0 saturated carbocycles. The zero-order chi connectivity index (χ0) is 15.6. The fourth-order valence-corrected chi connectivity index (χ4v) is 5.12. The van der Waals surface area contributed by atoms with Gasteiger partial charge in [0.15, 0.2) is 0 Å². The summed E-state index contributed by atoms with van der Waals surface area (Å²) < 4.78 is 33.5. The smallest absolute Gasteiger partial charge is 0.271 e. The third kappa shape index (κ3) is 3.91. The summed E-state index contributed by atoms with van der Waals surface area (Å²) in [6.45, 7) is 4.19. The van der Waals surface area contributed by atoms with E-state index in [0.717, 1.165) is 20.7 Å². The van der Waals surface area contributed by atoms with Crippen LogP contribution in [-0.2, 0) is 10.0 Å². The summed E-state index contributed by atoms with van der Waals surface area (Å²) in [4.78, 5) is 0. The van der Waals surface area contributed by atoms with Gasteiger partial charge >= 0.3 is 0 Å². The molecule has 1 heterocycles. The van der Waals surface area contributed by atoms with Crippen LogP contribution in [0.5, 0.6) is 5.75 Å². The van der Waals surface area contributed by atoms with Crippen molar-refractivity contribution in [3.8, 4) is 5.75 Å². The van der Waals surface area contributed by atoms with Crippen molar-refractivity contribution >= 4 is 54.6 Å². The average Bonchev–Trinajstić information content (AvgIpc) is 2.74. The lowest BCUT2D eigenvalue weighted by Crippen LogP contribution is -2.11. The van der Waals surface area contributed by atoms with E-state index in [4.69, 9.17) is 16.3 Å². The Labute approximate surface area is 141 Å². The first kappa shape index (κ1) is 16.6. The Balaban J connectivity index is 2.26. The van der Waals surface area contributed by atoms with Crippen LogP contribution < -0.4 is 9.46 Å².